The van der Waals surface area contributed by atoms with Crippen molar-refractivity contribution in [3.63, 3.8) is 0 Å². The van der Waals surface area contributed by atoms with Crippen molar-refractivity contribution in [3.8, 4) is 0 Å². The summed E-state index contributed by atoms with van der Waals surface area (Å²) in [6.45, 7) is 2.42. The van der Waals surface area contributed by atoms with E-state index in [0.29, 0.717) is 5.56 Å². The van der Waals surface area contributed by atoms with Gasteiger partial charge in [0.1, 0.15) is 5.82 Å². The SMILES string of the molecule is CCS(=O)(=O)c1ccccc1C(=O)OCC(=O)Nc1ccc(C)c(F)c1. The average Bonchev–Trinajstić information content (AvgIpc) is 2.62. The number of sulfone groups is 1. The van der Waals surface area contributed by atoms with Crippen LogP contribution < -0.4 is 5.32 Å². The van der Waals surface area contributed by atoms with Gasteiger partial charge in [-0.3, -0.25) is 4.79 Å². The first-order valence-corrected chi connectivity index (χ1v) is 9.44. The van der Waals surface area contributed by atoms with Gasteiger partial charge >= 0.3 is 5.97 Å². The van der Waals surface area contributed by atoms with Crippen molar-refractivity contribution in [2.24, 2.45) is 0 Å². The molecule has 0 fully saturated rings. The zero-order valence-electron chi connectivity index (χ0n) is 14.3. The highest BCUT2D eigenvalue weighted by atomic mass is 32.2. The summed E-state index contributed by atoms with van der Waals surface area (Å²) in [4.78, 5) is 23.9. The second-order valence-electron chi connectivity index (χ2n) is 5.49. The molecule has 138 valence electrons. The lowest BCUT2D eigenvalue weighted by atomic mass is 10.2. The monoisotopic (exact) mass is 379 g/mol. The summed E-state index contributed by atoms with van der Waals surface area (Å²) in [5, 5.41) is 2.40. The fourth-order valence-electron chi connectivity index (χ4n) is 2.14. The number of benzene rings is 2. The first-order chi connectivity index (χ1) is 12.2. The van der Waals surface area contributed by atoms with Gasteiger partial charge in [0.15, 0.2) is 16.4 Å². The van der Waals surface area contributed by atoms with Crippen molar-refractivity contribution >= 4 is 27.4 Å². The molecule has 2 aromatic rings. The molecule has 0 radical (unpaired) electrons. The summed E-state index contributed by atoms with van der Waals surface area (Å²) < 4.78 is 42.4. The fourth-order valence-corrected chi connectivity index (χ4v) is 3.22. The first-order valence-electron chi connectivity index (χ1n) is 7.79. The Morgan fingerprint density at radius 3 is 2.50 bits per heavy atom. The van der Waals surface area contributed by atoms with Crippen LogP contribution in [0, 0.1) is 12.7 Å². The molecule has 6 nitrogen and oxygen atoms in total. The molecule has 2 rings (SSSR count). The van der Waals surface area contributed by atoms with E-state index < -0.39 is 34.1 Å². The molecule has 0 aliphatic heterocycles. The Morgan fingerprint density at radius 2 is 1.85 bits per heavy atom. The predicted octanol–water partition coefficient (Wildman–Crippen LogP) is 2.72. The highest BCUT2D eigenvalue weighted by molar-refractivity contribution is 7.91. The van der Waals surface area contributed by atoms with Gasteiger partial charge in [-0.25, -0.2) is 17.6 Å². The van der Waals surface area contributed by atoms with Crippen molar-refractivity contribution in [2.45, 2.75) is 18.7 Å². The molecule has 0 heterocycles. The Bertz CT molecular complexity index is 940. The van der Waals surface area contributed by atoms with Gasteiger partial charge in [-0.1, -0.05) is 25.1 Å². The molecule has 0 spiro atoms. The van der Waals surface area contributed by atoms with Crippen LogP contribution in [0.2, 0.25) is 0 Å². The molecular formula is C18H18FNO5S. The summed E-state index contributed by atoms with van der Waals surface area (Å²) in [5.74, 6) is -2.24. The molecule has 1 N–H and O–H groups in total. The lowest BCUT2D eigenvalue weighted by Gasteiger charge is -2.10. The Labute approximate surface area is 150 Å². The molecule has 0 saturated carbocycles. The summed E-state index contributed by atoms with van der Waals surface area (Å²) >= 11 is 0. The molecule has 26 heavy (non-hydrogen) atoms. The van der Waals surface area contributed by atoms with Gasteiger partial charge in [-0.05, 0) is 36.8 Å². The second kappa shape index (κ2) is 8.09. The molecule has 1 amide bonds. The molecule has 0 atom stereocenters. The maximum Gasteiger partial charge on any atom is 0.339 e. The van der Waals surface area contributed by atoms with Crippen molar-refractivity contribution in [1.82, 2.24) is 0 Å². The Morgan fingerprint density at radius 1 is 1.15 bits per heavy atom. The average molecular weight is 379 g/mol. The molecule has 0 saturated heterocycles. The largest absolute Gasteiger partial charge is 0.452 e. The normalized spacial score (nSPS) is 11.0. The standard InChI is InChI=1S/C18H18FNO5S/c1-3-26(23,24)16-7-5-4-6-14(16)18(22)25-11-17(21)20-13-9-8-12(2)15(19)10-13/h4-10H,3,11H2,1-2H3,(H,20,21). The van der Waals surface area contributed by atoms with Crippen LogP contribution in [0.15, 0.2) is 47.4 Å². The van der Waals surface area contributed by atoms with Gasteiger partial charge < -0.3 is 10.1 Å². The lowest BCUT2D eigenvalue weighted by Crippen LogP contribution is -2.22. The van der Waals surface area contributed by atoms with Crippen molar-refractivity contribution < 1.29 is 27.1 Å². The lowest BCUT2D eigenvalue weighted by molar-refractivity contribution is -0.119. The number of aryl methyl sites for hydroxylation is 1. The molecule has 0 aliphatic rings. The Kier molecular flexibility index (Phi) is 6.10. The van der Waals surface area contributed by atoms with Crippen LogP contribution >= 0.6 is 0 Å². The molecular weight excluding hydrogens is 361 g/mol. The molecule has 8 heteroatoms. The molecule has 0 aliphatic carbocycles. The number of carbonyl (C=O) groups is 2. The van der Waals surface area contributed by atoms with Crippen molar-refractivity contribution in [2.75, 3.05) is 17.7 Å². The minimum absolute atomic E-state index is 0.136. The number of nitrogens with one attached hydrogen (secondary N) is 1. The van der Waals surface area contributed by atoms with E-state index in [1.54, 1.807) is 6.92 Å². The quantitative estimate of drug-likeness (QED) is 0.780. The van der Waals surface area contributed by atoms with E-state index in [1.165, 1.54) is 43.3 Å². The van der Waals surface area contributed by atoms with E-state index in [9.17, 15) is 22.4 Å². The van der Waals surface area contributed by atoms with Crippen LogP contribution in [-0.4, -0.2) is 32.7 Å². The van der Waals surface area contributed by atoms with Gasteiger partial charge in [-0.15, -0.1) is 0 Å². The maximum atomic E-state index is 13.5. The summed E-state index contributed by atoms with van der Waals surface area (Å²) in [7, 11) is -3.61. The number of hydrogen-bond acceptors (Lipinski definition) is 5. The number of ether oxygens (including phenoxy) is 1. The van der Waals surface area contributed by atoms with Gasteiger partial charge in [0.2, 0.25) is 0 Å². The number of carbonyl (C=O) groups excluding carboxylic acids is 2. The third-order valence-corrected chi connectivity index (χ3v) is 5.40. The van der Waals surface area contributed by atoms with Crippen LogP contribution in [0.1, 0.15) is 22.8 Å². The molecule has 0 unspecified atom stereocenters. The van der Waals surface area contributed by atoms with Crippen LogP contribution in [0.3, 0.4) is 0 Å². The minimum atomic E-state index is -3.61. The summed E-state index contributed by atoms with van der Waals surface area (Å²) in [5.41, 5.74) is 0.523. The molecule has 0 aromatic heterocycles. The number of esters is 1. The van der Waals surface area contributed by atoms with Crippen LogP contribution in [0.25, 0.3) is 0 Å². The molecule has 2 aromatic carbocycles. The number of amides is 1. The maximum absolute atomic E-state index is 13.5. The highest BCUT2D eigenvalue weighted by Gasteiger charge is 2.22. The van der Waals surface area contributed by atoms with E-state index in [1.807, 2.05) is 0 Å². The van der Waals surface area contributed by atoms with Crippen LogP contribution in [0.5, 0.6) is 0 Å². The first kappa shape index (κ1) is 19.6. The van der Waals surface area contributed by atoms with Crippen molar-refractivity contribution in [3.05, 3.63) is 59.4 Å². The summed E-state index contributed by atoms with van der Waals surface area (Å²) in [6, 6.07) is 9.79. The highest BCUT2D eigenvalue weighted by Crippen LogP contribution is 2.18. The van der Waals surface area contributed by atoms with E-state index in [2.05, 4.69) is 5.32 Å². The number of anilines is 1. The van der Waals surface area contributed by atoms with E-state index >= 15 is 0 Å². The van der Waals surface area contributed by atoms with Gasteiger partial charge in [0.25, 0.3) is 5.91 Å². The second-order valence-corrected chi connectivity index (χ2v) is 7.73. The smallest absolute Gasteiger partial charge is 0.339 e. The predicted molar refractivity (Wildman–Crippen MR) is 94.2 cm³/mol. The zero-order valence-corrected chi connectivity index (χ0v) is 15.1. The minimum Gasteiger partial charge on any atom is -0.452 e. The Hall–Kier alpha value is -2.74. The van der Waals surface area contributed by atoms with Crippen LogP contribution in [-0.2, 0) is 19.4 Å². The summed E-state index contributed by atoms with van der Waals surface area (Å²) in [6.07, 6.45) is 0. The zero-order chi connectivity index (χ0) is 19.3. The number of rotatable bonds is 6. The van der Waals surface area contributed by atoms with E-state index in [0.717, 1.165) is 6.07 Å². The fraction of sp³-hybridized carbons (Fsp3) is 0.222. The van der Waals surface area contributed by atoms with Gasteiger partial charge in [0, 0.05) is 5.69 Å². The van der Waals surface area contributed by atoms with Crippen LogP contribution in [0.4, 0.5) is 10.1 Å². The Balaban J connectivity index is 2.05. The van der Waals surface area contributed by atoms with Crippen molar-refractivity contribution in [1.29, 1.82) is 0 Å². The third kappa shape index (κ3) is 4.66. The van der Waals surface area contributed by atoms with E-state index in [-0.39, 0.29) is 21.9 Å². The topological polar surface area (TPSA) is 89.5 Å². The van der Waals surface area contributed by atoms with Gasteiger partial charge in [-0.2, -0.15) is 0 Å². The molecule has 0 bridgehead atoms. The number of hydrogen-bond donors (Lipinski definition) is 1. The van der Waals surface area contributed by atoms with E-state index in [4.69, 9.17) is 4.74 Å². The number of halogens is 1. The third-order valence-electron chi connectivity index (χ3n) is 3.61. The van der Waals surface area contributed by atoms with Gasteiger partial charge in [0.05, 0.1) is 16.2 Å².